The summed E-state index contributed by atoms with van der Waals surface area (Å²) in [4.78, 5) is 25.4. The Morgan fingerprint density at radius 2 is 2.19 bits per heavy atom. The number of amides is 2. The van der Waals surface area contributed by atoms with Gasteiger partial charge in [-0.1, -0.05) is 17.7 Å². The van der Waals surface area contributed by atoms with Crippen LogP contribution in [0.3, 0.4) is 0 Å². The van der Waals surface area contributed by atoms with E-state index in [-0.39, 0.29) is 11.5 Å². The van der Waals surface area contributed by atoms with Crippen LogP contribution >= 0.6 is 11.6 Å². The average molecular weight is 375 g/mol. The minimum absolute atomic E-state index is 0.0294. The molecule has 138 valence electrons. The molecule has 0 aliphatic carbocycles. The first-order valence-electron chi connectivity index (χ1n) is 8.62. The summed E-state index contributed by atoms with van der Waals surface area (Å²) in [5.74, 6) is -0.280. The van der Waals surface area contributed by atoms with Gasteiger partial charge in [0.1, 0.15) is 11.6 Å². The SMILES string of the molecule is Cc1cc(C)c(N/C=C(/C#N)C(=O)NCCCN2CCCC2=O)c(Cl)c1. The van der Waals surface area contributed by atoms with E-state index in [9.17, 15) is 14.9 Å². The quantitative estimate of drug-likeness (QED) is 0.436. The Bertz CT molecular complexity index is 744. The molecule has 0 spiro atoms. The van der Waals surface area contributed by atoms with E-state index >= 15 is 0 Å². The van der Waals surface area contributed by atoms with Gasteiger partial charge in [-0.2, -0.15) is 5.26 Å². The van der Waals surface area contributed by atoms with Crippen molar-refractivity contribution >= 4 is 29.1 Å². The molecule has 0 bridgehead atoms. The number of benzene rings is 1. The highest BCUT2D eigenvalue weighted by atomic mass is 35.5. The molecule has 1 heterocycles. The Labute approximate surface area is 158 Å². The summed E-state index contributed by atoms with van der Waals surface area (Å²) in [6, 6.07) is 5.67. The van der Waals surface area contributed by atoms with Crippen molar-refractivity contribution in [1.29, 1.82) is 5.26 Å². The number of nitrogens with one attached hydrogen (secondary N) is 2. The summed E-state index contributed by atoms with van der Waals surface area (Å²) in [6.45, 7) is 5.67. The largest absolute Gasteiger partial charge is 0.359 e. The van der Waals surface area contributed by atoms with Gasteiger partial charge in [-0.3, -0.25) is 9.59 Å². The summed E-state index contributed by atoms with van der Waals surface area (Å²) >= 11 is 6.21. The van der Waals surface area contributed by atoms with Gasteiger partial charge < -0.3 is 15.5 Å². The van der Waals surface area contributed by atoms with Gasteiger partial charge in [-0.15, -0.1) is 0 Å². The molecule has 2 rings (SSSR count). The number of hydrogen-bond donors (Lipinski definition) is 2. The number of carbonyl (C=O) groups excluding carboxylic acids is 2. The molecule has 0 saturated carbocycles. The fraction of sp³-hybridized carbons (Fsp3) is 0.421. The third-order valence-corrected chi connectivity index (χ3v) is 4.52. The topological polar surface area (TPSA) is 85.2 Å². The van der Waals surface area contributed by atoms with Gasteiger partial charge in [-0.25, -0.2) is 0 Å². The lowest BCUT2D eigenvalue weighted by Gasteiger charge is -2.15. The maximum Gasteiger partial charge on any atom is 0.263 e. The number of nitrogens with zero attached hydrogens (tertiary/aromatic N) is 2. The van der Waals surface area contributed by atoms with Crippen molar-refractivity contribution in [3.8, 4) is 6.07 Å². The van der Waals surface area contributed by atoms with Gasteiger partial charge in [0.15, 0.2) is 0 Å². The lowest BCUT2D eigenvalue weighted by Crippen LogP contribution is -2.31. The summed E-state index contributed by atoms with van der Waals surface area (Å²) in [6.07, 6.45) is 3.54. The number of carbonyl (C=O) groups is 2. The normalized spacial score (nSPS) is 14.3. The zero-order chi connectivity index (χ0) is 19.1. The van der Waals surface area contributed by atoms with E-state index in [1.54, 1.807) is 4.90 Å². The second-order valence-electron chi connectivity index (χ2n) is 6.35. The molecule has 1 aliphatic rings. The maximum atomic E-state index is 12.1. The number of rotatable bonds is 7. The Morgan fingerprint density at radius 3 is 2.81 bits per heavy atom. The third-order valence-electron chi connectivity index (χ3n) is 4.22. The molecule has 1 aromatic carbocycles. The van der Waals surface area contributed by atoms with Crippen molar-refractivity contribution < 1.29 is 9.59 Å². The summed E-state index contributed by atoms with van der Waals surface area (Å²) in [5.41, 5.74) is 2.61. The van der Waals surface area contributed by atoms with Crippen LogP contribution in [0.1, 0.15) is 30.4 Å². The van der Waals surface area contributed by atoms with Crippen LogP contribution in [0.25, 0.3) is 0 Å². The van der Waals surface area contributed by atoms with Gasteiger partial charge in [0.2, 0.25) is 5.91 Å². The third kappa shape index (κ3) is 5.24. The predicted molar refractivity (Wildman–Crippen MR) is 102 cm³/mol. The molecule has 1 aromatic rings. The maximum absolute atomic E-state index is 12.1. The first kappa shape index (κ1) is 19.8. The minimum atomic E-state index is -0.450. The van der Waals surface area contributed by atoms with Crippen LogP contribution in [-0.2, 0) is 9.59 Å². The van der Waals surface area contributed by atoms with Crippen molar-refractivity contribution in [3.05, 3.63) is 40.1 Å². The molecule has 0 atom stereocenters. The number of aryl methyl sites for hydroxylation is 2. The molecule has 2 amide bonds. The van der Waals surface area contributed by atoms with Crippen LogP contribution in [0.2, 0.25) is 5.02 Å². The number of halogens is 1. The van der Waals surface area contributed by atoms with E-state index in [0.717, 1.165) is 24.1 Å². The average Bonchev–Trinajstić information content (AvgIpc) is 2.99. The fourth-order valence-corrected chi connectivity index (χ4v) is 3.27. The Balaban J connectivity index is 1.87. The molecule has 26 heavy (non-hydrogen) atoms. The highest BCUT2D eigenvalue weighted by molar-refractivity contribution is 6.33. The molecule has 1 aliphatic heterocycles. The van der Waals surface area contributed by atoms with E-state index in [1.807, 2.05) is 32.0 Å². The Hall–Kier alpha value is -2.52. The molecule has 7 heteroatoms. The van der Waals surface area contributed by atoms with Crippen LogP contribution in [0.4, 0.5) is 5.69 Å². The molecule has 0 aromatic heterocycles. The van der Waals surface area contributed by atoms with Gasteiger partial charge in [0.25, 0.3) is 5.91 Å². The van der Waals surface area contributed by atoms with Crippen molar-refractivity contribution in [3.63, 3.8) is 0 Å². The predicted octanol–water partition coefficient (Wildman–Crippen LogP) is 2.90. The second kappa shape index (κ2) is 9.25. The van der Waals surface area contributed by atoms with Crippen molar-refractivity contribution in [2.45, 2.75) is 33.1 Å². The van der Waals surface area contributed by atoms with Crippen molar-refractivity contribution in [1.82, 2.24) is 10.2 Å². The number of anilines is 1. The number of hydrogen-bond acceptors (Lipinski definition) is 4. The van der Waals surface area contributed by atoms with E-state index in [2.05, 4.69) is 10.6 Å². The highest BCUT2D eigenvalue weighted by Crippen LogP contribution is 2.27. The monoisotopic (exact) mass is 374 g/mol. The zero-order valence-corrected chi connectivity index (χ0v) is 15.8. The zero-order valence-electron chi connectivity index (χ0n) is 15.1. The lowest BCUT2D eigenvalue weighted by molar-refractivity contribution is -0.127. The molecule has 0 unspecified atom stereocenters. The van der Waals surface area contributed by atoms with Crippen LogP contribution < -0.4 is 10.6 Å². The van der Waals surface area contributed by atoms with Gasteiger partial charge in [-0.05, 0) is 43.9 Å². The summed E-state index contributed by atoms with van der Waals surface area (Å²) < 4.78 is 0. The number of nitriles is 1. The Morgan fingerprint density at radius 1 is 1.42 bits per heavy atom. The molecule has 6 nitrogen and oxygen atoms in total. The molecule has 0 radical (unpaired) electrons. The van der Waals surface area contributed by atoms with Crippen LogP contribution in [0, 0.1) is 25.2 Å². The van der Waals surface area contributed by atoms with Crippen LogP contribution in [0.15, 0.2) is 23.9 Å². The van der Waals surface area contributed by atoms with E-state index < -0.39 is 5.91 Å². The second-order valence-corrected chi connectivity index (χ2v) is 6.75. The van der Waals surface area contributed by atoms with Crippen LogP contribution in [0.5, 0.6) is 0 Å². The molecular weight excluding hydrogens is 352 g/mol. The molecular formula is C19H23ClN4O2. The first-order chi connectivity index (χ1) is 12.4. The fourth-order valence-electron chi connectivity index (χ4n) is 2.90. The number of likely N-dealkylation sites (tertiary alicyclic amines) is 1. The van der Waals surface area contributed by atoms with Gasteiger partial charge in [0.05, 0.1) is 10.7 Å². The summed E-state index contributed by atoms with van der Waals surface area (Å²) in [7, 11) is 0. The van der Waals surface area contributed by atoms with E-state index in [1.165, 1.54) is 6.20 Å². The standard InChI is InChI=1S/C19H23ClN4O2/c1-13-9-14(2)18(16(20)10-13)23-12-15(11-21)19(26)22-6-4-8-24-7-3-5-17(24)25/h9-10,12,23H,3-8H2,1-2H3,(H,22,26)/b15-12-. The van der Waals surface area contributed by atoms with Crippen molar-refractivity contribution in [2.24, 2.45) is 0 Å². The van der Waals surface area contributed by atoms with Gasteiger partial charge >= 0.3 is 0 Å². The van der Waals surface area contributed by atoms with E-state index in [0.29, 0.717) is 36.6 Å². The van der Waals surface area contributed by atoms with Gasteiger partial charge in [0, 0.05) is 32.3 Å². The first-order valence-corrected chi connectivity index (χ1v) is 8.99. The van der Waals surface area contributed by atoms with E-state index in [4.69, 9.17) is 11.6 Å². The molecule has 1 fully saturated rings. The van der Waals surface area contributed by atoms with Crippen molar-refractivity contribution in [2.75, 3.05) is 25.0 Å². The summed E-state index contributed by atoms with van der Waals surface area (Å²) in [5, 5.41) is 15.4. The molecule has 2 N–H and O–H groups in total. The molecule has 1 saturated heterocycles. The highest BCUT2D eigenvalue weighted by Gasteiger charge is 2.19. The Kier molecular flexibility index (Phi) is 7.05. The smallest absolute Gasteiger partial charge is 0.263 e. The lowest BCUT2D eigenvalue weighted by atomic mass is 10.1. The minimum Gasteiger partial charge on any atom is -0.359 e. The van der Waals surface area contributed by atoms with Crippen LogP contribution in [-0.4, -0.2) is 36.3 Å².